The van der Waals surface area contributed by atoms with Gasteiger partial charge in [0.1, 0.15) is 5.37 Å². The van der Waals surface area contributed by atoms with E-state index in [0.717, 1.165) is 54.8 Å². The number of carbonyl (C=O) groups excluding carboxylic acids is 2. The van der Waals surface area contributed by atoms with Crippen LogP contribution < -0.4 is 10.2 Å². The number of hydrogen-bond donors (Lipinski definition) is 1. The zero-order valence-corrected chi connectivity index (χ0v) is 18.9. The summed E-state index contributed by atoms with van der Waals surface area (Å²) in [5.41, 5.74) is 4.35. The zero-order valence-electron chi connectivity index (χ0n) is 18.1. The molecule has 0 bridgehead atoms. The molecule has 0 saturated carbocycles. The van der Waals surface area contributed by atoms with Crippen molar-refractivity contribution in [2.45, 2.75) is 30.8 Å². The van der Waals surface area contributed by atoms with Gasteiger partial charge in [0, 0.05) is 16.9 Å². The molecule has 5 rings (SSSR count). The molecule has 1 aliphatic carbocycles. The fraction of sp³-hybridized carbons (Fsp3) is 0.231. The Labute approximate surface area is 199 Å². The highest BCUT2D eigenvalue weighted by Crippen LogP contribution is 2.43. The van der Waals surface area contributed by atoms with E-state index < -0.39 is 17.6 Å². The minimum absolute atomic E-state index is 0.0626. The largest absolute Gasteiger partial charge is 0.416 e. The van der Waals surface area contributed by atoms with E-state index in [0.29, 0.717) is 11.4 Å². The third kappa shape index (κ3) is 4.42. The van der Waals surface area contributed by atoms with Crippen LogP contribution in [0.4, 0.5) is 24.5 Å². The van der Waals surface area contributed by atoms with Gasteiger partial charge in [-0.1, -0.05) is 18.2 Å². The van der Waals surface area contributed by atoms with Crippen LogP contribution in [0.2, 0.25) is 0 Å². The maximum atomic E-state index is 12.7. The number of benzene rings is 3. The van der Waals surface area contributed by atoms with Gasteiger partial charge in [0.15, 0.2) is 0 Å². The van der Waals surface area contributed by atoms with Crippen molar-refractivity contribution in [3.8, 4) is 0 Å². The number of anilines is 2. The molecule has 2 aliphatic rings. The molecular weight excluding hydrogens is 461 g/mol. The Morgan fingerprint density at radius 1 is 0.941 bits per heavy atom. The number of rotatable bonds is 4. The van der Waals surface area contributed by atoms with Crippen molar-refractivity contribution in [1.29, 1.82) is 0 Å². The van der Waals surface area contributed by atoms with Crippen LogP contribution in [0.1, 0.15) is 44.4 Å². The van der Waals surface area contributed by atoms with Gasteiger partial charge in [0.2, 0.25) is 5.91 Å². The molecule has 0 radical (unpaired) electrons. The predicted molar refractivity (Wildman–Crippen MR) is 127 cm³/mol. The van der Waals surface area contributed by atoms with Gasteiger partial charge in [-0.05, 0) is 84.5 Å². The van der Waals surface area contributed by atoms with Gasteiger partial charge in [-0.25, -0.2) is 0 Å². The lowest BCUT2D eigenvalue weighted by atomic mass is 10.1. The molecule has 1 N–H and O–H groups in total. The molecule has 1 unspecified atom stereocenters. The van der Waals surface area contributed by atoms with Crippen LogP contribution in [-0.4, -0.2) is 17.6 Å². The molecule has 0 aromatic heterocycles. The quantitative estimate of drug-likeness (QED) is 0.480. The first kappa shape index (κ1) is 22.5. The van der Waals surface area contributed by atoms with Crippen LogP contribution in [0.5, 0.6) is 0 Å². The summed E-state index contributed by atoms with van der Waals surface area (Å²) in [6, 6.07) is 17.5. The average Bonchev–Trinajstić information content (AvgIpc) is 3.45. The van der Waals surface area contributed by atoms with E-state index >= 15 is 0 Å². The summed E-state index contributed by atoms with van der Waals surface area (Å²) >= 11 is 1.56. The second kappa shape index (κ2) is 8.83. The van der Waals surface area contributed by atoms with Crippen molar-refractivity contribution < 1.29 is 22.8 Å². The third-order valence-corrected chi connectivity index (χ3v) is 7.37. The lowest BCUT2D eigenvalue weighted by molar-refractivity contribution is -0.137. The Hall–Kier alpha value is -3.26. The minimum Gasteiger partial charge on any atom is -0.322 e. The normalized spacial score (nSPS) is 17.7. The Balaban J connectivity index is 1.30. The molecule has 1 saturated heterocycles. The molecule has 1 aliphatic heterocycles. The molecule has 1 fully saturated rings. The van der Waals surface area contributed by atoms with E-state index in [1.807, 2.05) is 23.1 Å². The summed E-state index contributed by atoms with van der Waals surface area (Å²) in [5.74, 6) is -0.0342. The van der Waals surface area contributed by atoms with Crippen molar-refractivity contribution in [2.24, 2.45) is 0 Å². The van der Waals surface area contributed by atoms with E-state index in [4.69, 9.17) is 0 Å². The van der Waals surface area contributed by atoms with Gasteiger partial charge < -0.3 is 5.32 Å². The number of fused-ring (bicyclic) bond motifs is 1. The Bertz CT molecular complexity index is 1240. The second-order valence-corrected chi connectivity index (χ2v) is 9.45. The van der Waals surface area contributed by atoms with Gasteiger partial charge in [0.25, 0.3) is 5.91 Å². The van der Waals surface area contributed by atoms with Crippen molar-refractivity contribution in [1.82, 2.24) is 0 Å². The van der Waals surface area contributed by atoms with Crippen LogP contribution in [-0.2, 0) is 23.8 Å². The van der Waals surface area contributed by atoms with Crippen molar-refractivity contribution in [3.05, 3.63) is 94.5 Å². The van der Waals surface area contributed by atoms with E-state index in [2.05, 4.69) is 17.4 Å². The van der Waals surface area contributed by atoms with Gasteiger partial charge in [-0.2, -0.15) is 13.2 Å². The molecular formula is C26H21F3N2O2S. The number of nitrogens with one attached hydrogen (secondary N) is 1. The van der Waals surface area contributed by atoms with Gasteiger partial charge in [0.05, 0.1) is 11.3 Å². The number of amides is 2. The molecule has 3 aromatic carbocycles. The summed E-state index contributed by atoms with van der Waals surface area (Å²) in [6.45, 7) is 0. The number of nitrogens with zero attached hydrogens (tertiary/aromatic N) is 1. The van der Waals surface area contributed by atoms with Crippen molar-refractivity contribution >= 4 is 35.0 Å². The van der Waals surface area contributed by atoms with E-state index in [1.54, 1.807) is 23.9 Å². The monoisotopic (exact) mass is 482 g/mol. The molecule has 4 nitrogen and oxygen atoms in total. The van der Waals surface area contributed by atoms with E-state index in [9.17, 15) is 22.8 Å². The van der Waals surface area contributed by atoms with E-state index in [-0.39, 0.29) is 16.8 Å². The van der Waals surface area contributed by atoms with Gasteiger partial charge in [-0.15, -0.1) is 11.8 Å². The van der Waals surface area contributed by atoms with Gasteiger partial charge >= 0.3 is 6.18 Å². The topological polar surface area (TPSA) is 49.4 Å². The van der Waals surface area contributed by atoms with Crippen LogP contribution in [0.15, 0.2) is 66.7 Å². The molecule has 34 heavy (non-hydrogen) atoms. The van der Waals surface area contributed by atoms with Crippen LogP contribution in [0.3, 0.4) is 0 Å². The number of thioether (sulfide) groups is 1. The standard InChI is InChI=1S/C26H21F3N2O2S/c27-26(28,29)20-9-4-17(5-10-20)24(33)30-21-11-6-18(7-12-21)25-31(23(32)15-34-25)22-13-8-16-2-1-3-19(16)14-22/h4-14,25H,1-3,15H2,(H,30,33). The predicted octanol–water partition coefficient (Wildman–Crippen LogP) is 6.23. The Morgan fingerprint density at radius 3 is 2.35 bits per heavy atom. The molecule has 0 spiro atoms. The maximum Gasteiger partial charge on any atom is 0.416 e. The maximum absolute atomic E-state index is 12.7. The molecule has 3 aromatic rings. The summed E-state index contributed by atoms with van der Waals surface area (Å²) in [6.07, 6.45) is -1.18. The number of carbonyl (C=O) groups is 2. The fourth-order valence-corrected chi connectivity index (χ4v) is 5.58. The van der Waals surface area contributed by atoms with Crippen molar-refractivity contribution in [3.63, 3.8) is 0 Å². The summed E-state index contributed by atoms with van der Waals surface area (Å²) < 4.78 is 38.2. The number of alkyl halides is 3. The van der Waals surface area contributed by atoms with Crippen molar-refractivity contribution in [2.75, 3.05) is 16.0 Å². The minimum atomic E-state index is -4.45. The van der Waals surface area contributed by atoms with Crippen LogP contribution in [0, 0.1) is 0 Å². The number of aryl methyl sites for hydroxylation is 2. The second-order valence-electron chi connectivity index (χ2n) is 8.38. The highest BCUT2D eigenvalue weighted by atomic mass is 32.2. The Morgan fingerprint density at radius 2 is 1.65 bits per heavy atom. The van der Waals surface area contributed by atoms with Gasteiger partial charge in [-0.3, -0.25) is 14.5 Å². The number of hydrogen-bond acceptors (Lipinski definition) is 3. The summed E-state index contributed by atoms with van der Waals surface area (Å²) in [7, 11) is 0. The Kier molecular flexibility index (Phi) is 5.85. The third-order valence-electron chi connectivity index (χ3n) is 6.16. The number of halogens is 3. The molecule has 1 heterocycles. The van der Waals surface area contributed by atoms with Crippen LogP contribution >= 0.6 is 11.8 Å². The first-order chi connectivity index (χ1) is 16.3. The van der Waals surface area contributed by atoms with E-state index in [1.165, 1.54) is 11.1 Å². The fourth-order valence-electron chi connectivity index (χ4n) is 4.40. The molecule has 1 atom stereocenters. The lowest BCUT2D eigenvalue weighted by Gasteiger charge is -2.25. The van der Waals surface area contributed by atoms with Crippen LogP contribution in [0.25, 0.3) is 0 Å². The first-order valence-corrected chi connectivity index (χ1v) is 12.0. The highest BCUT2D eigenvalue weighted by Gasteiger charge is 2.34. The average molecular weight is 483 g/mol. The lowest BCUT2D eigenvalue weighted by Crippen LogP contribution is -2.27. The summed E-state index contributed by atoms with van der Waals surface area (Å²) in [5, 5.41) is 2.55. The zero-order chi connectivity index (χ0) is 23.9. The molecule has 174 valence electrons. The first-order valence-electron chi connectivity index (χ1n) is 10.9. The highest BCUT2D eigenvalue weighted by molar-refractivity contribution is 8.00. The smallest absolute Gasteiger partial charge is 0.322 e. The summed E-state index contributed by atoms with van der Waals surface area (Å²) in [4.78, 5) is 27.0. The SMILES string of the molecule is O=C(Nc1ccc(C2SCC(=O)N2c2ccc3c(c2)CCC3)cc1)c1ccc(C(F)(F)F)cc1. The molecule has 2 amide bonds. The molecule has 8 heteroatoms.